The zero-order chi connectivity index (χ0) is 28.7. The van der Waals surface area contributed by atoms with Gasteiger partial charge in [-0.25, -0.2) is 9.59 Å². The van der Waals surface area contributed by atoms with E-state index in [0.29, 0.717) is 25.7 Å². The summed E-state index contributed by atoms with van der Waals surface area (Å²) >= 11 is 0. The predicted molar refractivity (Wildman–Crippen MR) is 150 cm³/mol. The first kappa shape index (κ1) is 31.6. The molecule has 8 nitrogen and oxygen atoms in total. The quantitative estimate of drug-likeness (QED) is 0.183. The Morgan fingerprint density at radius 2 is 1.05 bits per heavy atom. The number of rotatable bonds is 14. The molecule has 1 aromatic carbocycles. The van der Waals surface area contributed by atoms with Gasteiger partial charge in [0.1, 0.15) is 24.3 Å². The van der Waals surface area contributed by atoms with Gasteiger partial charge in [-0.05, 0) is 76.3 Å². The first-order valence-corrected chi connectivity index (χ1v) is 15.1. The zero-order valence-corrected chi connectivity index (χ0v) is 24.1. The molecular weight excluding hydrogens is 508 g/mol. The van der Waals surface area contributed by atoms with Gasteiger partial charge in [0.2, 0.25) is 0 Å². The highest BCUT2D eigenvalue weighted by molar-refractivity contribution is 5.98. The minimum absolute atomic E-state index is 0.00497. The minimum atomic E-state index is -0.656. The molecule has 2 aliphatic rings. The normalized spacial score (nSPS) is 22.6. The lowest BCUT2D eigenvalue weighted by Gasteiger charge is -2.29. The van der Waals surface area contributed by atoms with Crippen LogP contribution in [-0.4, -0.2) is 49.6 Å². The number of unbranched alkanes of at least 4 members (excludes halogenated alkanes) is 4. The van der Waals surface area contributed by atoms with Crippen LogP contribution in [0.1, 0.15) is 136 Å². The number of benzene rings is 1. The molecule has 0 saturated heterocycles. The summed E-state index contributed by atoms with van der Waals surface area (Å²) in [5.41, 5.74) is -0.319. The largest absolute Gasteiger partial charge is 0.459 e. The van der Waals surface area contributed by atoms with Gasteiger partial charge >= 0.3 is 11.9 Å². The van der Waals surface area contributed by atoms with Gasteiger partial charge in [-0.3, -0.25) is 0 Å². The molecule has 40 heavy (non-hydrogen) atoms. The molecule has 3 rings (SSSR count). The van der Waals surface area contributed by atoms with E-state index < -0.39 is 11.9 Å². The number of hydrogen-bond donors (Lipinski definition) is 0. The third-order valence-electron chi connectivity index (χ3n) is 7.86. The number of nitriles is 2. The highest BCUT2D eigenvalue weighted by Crippen LogP contribution is 2.28. The van der Waals surface area contributed by atoms with E-state index in [-0.39, 0.29) is 46.7 Å². The number of ether oxygens (including phenoxy) is 4. The summed E-state index contributed by atoms with van der Waals surface area (Å²) in [6.07, 6.45) is 12.6. The fraction of sp³-hybridized carbons (Fsp3) is 0.688. The van der Waals surface area contributed by atoms with Crippen LogP contribution in [0.5, 0.6) is 0 Å². The second-order valence-corrected chi connectivity index (χ2v) is 10.9. The SMILES string of the molecule is CCCCCCO[C@H]1CC[C@H](OC(=O)c2ccc(C(=O)O[C@H]3CC[C@H](OCCCC)CC3)c(C#N)c2C#N)CC1. The fourth-order valence-corrected chi connectivity index (χ4v) is 5.41. The lowest BCUT2D eigenvalue weighted by atomic mass is 9.94. The van der Waals surface area contributed by atoms with Crippen LogP contribution >= 0.6 is 0 Å². The summed E-state index contributed by atoms with van der Waals surface area (Å²) in [6, 6.07) is 6.66. The molecule has 0 amide bonds. The maximum Gasteiger partial charge on any atom is 0.339 e. The van der Waals surface area contributed by atoms with E-state index in [0.717, 1.165) is 58.2 Å². The van der Waals surface area contributed by atoms with Crippen LogP contribution < -0.4 is 0 Å². The van der Waals surface area contributed by atoms with E-state index in [1.165, 1.54) is 31.4 Å². The molecule has 0 unspecified atom stereocenters. The minimum Gasteiger partial charge on any atom is -0.459 e. The predicted octanol–water partition coefficient (Wildman–Crippen LogP) is 6.78. The van der Waals surface area contributed by atoms with Gasteiger partial charge in [-0.1, -0.05) is 39.5 Å². The average Bonchev–Trinajstić information content (AvgIpc) is 2.98. The van der Waals surface area contributed by atoms with Gasteiger partial charge in [-0.15, -0.1) is 0 Å². The van der Waals surface area contributed by atoms with E-state index in [2.05, 4.69) is 13.8 Å². The van der Waals surface area contributed by atoms with E-state index >= 15 is 0 Å². The third kappa shape index (κ3) is 9.32. The molecule has 2 aliphatic carbocycles. The maximum absolute atomic E-state index is 13.0. The van der Waals surface area contributed by atoms with Crippen molar-refractivity contribution < 1.29 is 28.5 Å². The molecule has 0 spiro atoms. The lowest BCUT2D eigenvalue weighted by Crippen LogP contribution is -2.29. The summed E-state index contributed by atoms with van der Waals surface area (Å²) in [5.74, 6) is -1.31. The van der Waals surface area contributed by atoms with Gasteiger partial charge in [0.05, 0.1) is 34.5 Å². The Morgan fingerprint density at radius 1 is 0.650 bits per heavy atom. The van der Waals surface area contributed by atoms with Crippen molar-refractivity contribution in [3.8, 4) is 12.1 Å². The maximum atomic E-state index is 13.0. The lowest BCUT2D eigenvalue weighted by molar-refractivity contribution is -0.0207. The van der Waals surface area contributed by atoms with Crippen molar-refractivity contribution in [1.82, 2.24) is 0 Å². The van der Waals surface area contributed by atoms with Crippen molar-refractivity contribution in [3.05, 3.63) is 34.4 Å². The van der Waals surface area contributed by atoms with Crippen LogP contribution in [0.4, 0.5) is 0 Å². The Kier molecular flexibility index (Phi) is 13.4. The van der Waals surface area contributed by atoms with E-state index in [1.807, 2.05) is 12.1 Å². The van der Waals surface area contributed by atoms with Crippen molar-refractivity contribution in [1.29, 1.82) is 10.5 Å². The molecule has 0 N–H and O–H groups in total. The van der Waals surface area contributed by atoms with Crippen molar-refractivity contribution >= 4 is 11.9 Å². The van der Waals surface area contributed by atoms with E-state index in [4.69, 9.17) is 18.9 Å². The second kappa shape index (κ2) is 17.0. The van der Waals surface area contributed by atoms with Crippen molar-refractivity contribution in [2.75, 3.05) is 13.2 Å². The van der Waals surface area contributed by atoms with Crippen LogP contribution in [0, 0.1) is 22.7 Å². The zero-order valence-electron chi connectivity index (χ0n) is 24.1. The molecule has 0 bridgehead atoms. The van der Waals surface area contributed by atoms with Crippen LogP contribution in [0.25, 0.3) is 0 Å². The van der Waals surface area contributed by atoms with Crippen LogP contribution in [0.2, 0.25) is 0 Å². The molecule has 2 fully saturated rings. The number of nitrogens with zero attached hydrogens (tertiary/aromatic N) is 2. The smallest absolute Gasteiger partial charge is 0.339 e. The molecule has 0 atom stereocenters. The Hall–Kier alpha value is -2.94. The topological polar surface area (TPSA) is 119 Å². The number of hydrogen-bond acceptors (Lipinski definition) is 8. The van der Waals surface area contributed by atoms with E-state index in [1.54, 1.807) is 0 Å². The molecule has 0 aliphatic heterocycles. The van der Waals surface area contributed by atoms with E-state index in [9.17, 15) is 20.1 Å². The monoisotopic (exact) mass is 552 g/mol. The summed E-state index contributed by atoms with van der Waals surface area (Å²) in [6.45, 7) is 5.82. The Bertz CT molecular complexity index is 1040. The molecule has 2 saturated carbocycles. The van der Waals surface area contributed by atoms with Crippen molar-refractivity contribution in [2.24, 2.45) is 0 Å². The summed E-state index contributed by atoms with van der Waals surface area (Å²) in [5, 5.41) is 19.6. The van der Waals surface area contributed by atoms with Crippen molar-refractivity contribution in [3.63, 3.8) is 0 Å². The first-order chi connectivity index (χ1) is 19.5. The van der Waals surface area contributed by atoms with Gasteiger partial charge < -0.3 is 18.9 Å². The van der Waals surface area contributed by atoms with Gasteiger partial charge in [0.25, 0.3) is 0 Å². The van der Waals surface area contributed by atoms with Crippen molar-refractivity contribution in [2.45, 2.75) is 128 Å². The molecule has 1 aromatic rings. The molecule has 0 radical (unpaired) electrons. The molecule has 8 heteroatoms. The summed E-state index contributed by atoms with van der Waals surface area (Å²) < 4.78 is 23.3. The number of carbonyl (C=O) groups excluding carboxylic acids is 2. The highest BCUT2D eigenvalue weighted by Gasteiger charge is 2.30. The van der Waals surface area contributed by atoms with Crippen LogP contribution in [0.3, 0.4) is 0 Å². The standard InChI is InChI=1S/C32H44N2O6/c1-3-5-7-8-20-38-24-11-15-26(16-12-24)40-32(36)28-18-17-27(29(21-33)30(28)22-34)31(35)39-25-13-9-23(10-14-25)37-19-6-4-2/h17-18,23-26H,3-16,19-20H2,1-2H3/t23-,24-,25-,26-. The summed E-state index contributed by atoms with van der Waals surface area (Å²) in [4.78, 5) is 26.0. The van der Waals surface area contributed by atoms with Gasteiger partial charge in [-0.2, -0.15) is 10.5 Å². The van der Waals surface area contributed by atoms with Crippen LogP contribution in [0.15, 0.2) is 12.1 Å². The first-order valence-electron chi connectivity index (χ1n) is 15.1. The molecule has 0 aromatic heterocycles. The molecule has 218 valence electrons. The number of carbonyl (C=O) groups is 2. The highest BCUT2D eigenvalue weighted by atomic mass is 16.5. The Labute approximate surface area is 238 Å². The fourth-order valence-electron chi connectivity index (χ4n) is 5.41. The molecule has 0 heterocycles. The molecular formula is C32H44N2O6. The van der Waals surface area contributed by atoms with Gasteiger partial charge in [0, 0.05) is 13.2 Å². The average molecular weight is 553 g/mol. The van der Waals surface area contributed by atoms with Crippen LogP contribution in [-0.2, 0) is 18.9 Å². The third-order valence-corrected chi connectivity index (χ3v) is 7.86. The summed E-state index contributed by atoms with van der Waals surface area (Å²) in [7, 11) is 0. The Balaban J connectivity index is 1.54. The Morgan fingerprint density at radius 3 is 1.45 bits per heavy atom. The number of esters is 2. The van der Waals surface area contributed by atoms with Gasteiger partial charge in [0.15, 0.2) is 0 Å². The second-order valence-electron chi connectivity index (χ2n) is 10.9.